The quantitative estimate of drug-likeness (QED) is 0.340. The summed E-state index contributed by atoms with van der Waals surface area (Å²) in [6, 6.07) is 6.75. The molecule has 1 amide bonds. The number of sulfonamides is 1. The van der Waals surface area contributed by atoms with Crippen molar-refractivity contribution >= 4 is 21.5 Å². The Morgan fingerprint density at radius 3 is 2.57 bits per heavy atom. The van der Waals surface area contributed by atoms with Crippen LogP contribution in [0.2, 0.25) is 0 Å². The number of phenolic OH excluding ortho intramolecular Hbond substituents is 2. The highest BCUT2D eigenvalue weighted by molar-refractivity contribution is 7.90. The van der Waals surface area contributed by atoms with Gasteiger partial charge in [0.05, 0.1) is 11.8 Å². The van der Waals surface area contributed by atoms with Crippen molar-refractivity contribution in [2.75, 3.05) is 0 Å². The summed E-state index contributed by atoms with van der Waals surface area (Å²) in [5.74, 6) is -1.69. The average Bonchev–Trinajstić information content (AvgIpc) is 3.25. The van der Waals surface area contributed by atoms with Crippen LogP contribution in [0, 0.1) is 6.92 Å². The summed E-state index contributed by atoms with van der Waals surface area (Å²) in [5, 5.41) is 22.2. The summed E-state index contributed by atoms with van der Waals surface area (Å²) >= 11 is 0. The molecule has 3 aromatic rings. The zero-order valence-corrected chi connectivity index (χ0v) is 20.9. The SMILES string of the molecule is C=C(C)c1ccc(C)cc1-c1c(O)cc(CCCCC)c(S(=O)(=O)NC(=O)Cc2ncco2)c1O. The van der Waals surface area contributed by atoms with E-state index in [0.717, 1.165) is 18.4 Å². The number of rotatable bonds is 10. The summed E-state index contributed by atoms with van der Waals surface area (Å²) < 4.78 is 33.8. The zero-order valence-electron chi connectivity index (χ0n) is 20.1. The number of carbonyl (C=O) groups excluding carboxylic acids is 1. The van der Waals surface area contributed by atoms with Gasteiger partial charge in [0.25, 0.3) is 10.0 Å². The van der Waals surface area contributed by atoms with Crippen LogP contribution < -0.4 is 4.72 Å². The van der Waals surface area contributed by atoms with E-state index in [2.05, 4.69) is 11.6 Å². The van der Waals surface area contributed by atoms with Crippen molar-refractivity contribution in [1.29, 1.82) is 0 Å². The number of nitrogens with zero attached hydrogens (tertiary/aromatic N) is 1. The van der Waals surface area contributed by atoms with E-state index in [1.807, 2.05) is 24.6 Å². The van der Waals surface area contributed by atoms with Gasteiger partial charge >= 0.3 is 0 Å². The number of aryl methyl sites for hydroxylation is 2. The standard InChI is InChI=1S/C26H30N2O6S/c1-5-6-7-8-18-14-21(29)24(20-13-17(4)9-10-19(20)16(2)3)25(31)26(18)35(32,33)28-22(30)15-23-27-11-12-34-23/h9-14,29,31H,2,5-8,15H2,1,3-4H3,(H,28,30). The number of aromatic nitrogens is 1. The van der Waals surface area contributed by atoms with Crippen molar-refractivity contribution in [2.45, 2.75) is 57.8 Å². The molecule has 3 rings (SSSR count). The summed E-state index contributed by atoms with van der Waals surface area (Å²) in [4.78, 5) is 15.9. The molecule has 1 heterocycles. The summed E-state index contributed by atoms with van der Waals surface area (Å²) in [5.41, 5.74) is 2.80. The largest absolute Gasteiger partial charge is 0.507 e. The lowest BCUT2D eigenvalue weighted by Gasteiger charge is -2.19. The molecule has 8 nitrogen and oxygen atoms in total. The minimum absolute atomic E-state index is 0.0357. The molecule has 0 bridgehead atoms. The van der Waals surface area contributed by atoms with Crippen LogP contribution in [0.5, 0.6) is 11.5 Å². The second-order valence-electron chi connectivity index (χ2n) is 8.53. The van der Waals surface area contributed by atoms with Crippen LogP contribution in [0.1, 0.15) is 55.7 Å². The van der Waals surface area contributed by atoms with Gasteiger partial charge in [0.15, 0.2) is 0 Å². The monoisotopic (exact) mass is 498 g/mol. The van der Waals surface area contributed by atoms with E-state index in [1.54, 1.807) is 19.1 Å². The molecule has 0 aliphatic heterocycles. The molecule has 3 N–H and O–H groups in total. The van der Waals surface area contributed by atoms with Crippen LogP contribution in [0.15, 0.2) is 52.6 Å². The normalized spacial score (nSPS) is 11.4. The summed E-state index contributed by atoms with van der Waals surface area (Å²) in [6.45, 7) is 9.60. The van der Waals surface area contributed by atoms with Gasteiger partial charge in [-0.2, -0.15) is 0 Å². The van der Waals surface area contributed by atoms with Gasteiger partial charge in [-0.05, 0) is 49.4 Å². The highest BCUT2D eigenvalue weighted by atomic mass is 32.2. The minimum Gasteiger partial charge on any atom is -0.507 e. The average molecular weight is 499 g/mol. The number of amides is 1. The smallest absolute Gasteiger partial charge is 0.268 e. The molecule has 0 aliphatic carbocycles. The highest BCUT2D eigenvalue weighted by Gasteiger charge is 2.30. The lowest BCUT2D eigenvalue weighted by atomic mass is 9.91. The van der Waals surface area contributed by atoms with Crippen LogP contribution >= 0.6 is 0 Å². The van der Waals surface area contributed by atoms with E-state index in [-0.39, 0.29) is 29.2 Å². The molecule has 0 fully saturated rings. The summed E-state index contributed by atoms with van der Waals surface area (Å²) in [7, 11) is -4.50. The fourth-order valence-electron chi connectivity index (χ4n) is 3.96. The van der Waals surface area contributed by atoms with Crippen molar-refractivity contribution in [3.05, 3.63) is 65.9 Å². The van der Waals surface area contributed by atoms with Gasteiger partial charge in [0.1, 0.15) is 29.1 Å². The van der Waals surface area contributed by atoms with Crippen LogP contribution in [0.4, 0.5) is 0 Å². The number of allylic oxidation sites excluding steroid dienone is 1. The number of unbranched alkanes of at least 4 members (excludes halogenated alkanes) is 2. The number of carbonyl (C=O) groups is 1. The zero-order chi connectivity index (χ0) is 25.8. The Morgan fingerprint density at radius 2 is 1.94 bits per heavy atom. The molecule has 35 heavy (non-hydrogen) atoms. The molecule has 0 aliphatic rings. The van der Waals surface area contributed by atoms with Crippen LogP contribution in [0.25, 0.3) is 16.7 Å². The van der Waals surface area contributed by atoms with Crippen molar-refractivity contribution in [3.63, 3.8) is 0 Å². The van der Waals surface area contributed by atoms with Gasteiger partial charge in [-0.25, -0.2) is 18.1 Å². The molecule has 0 radical (unpaired) electrons. The number of phenols is 2. The fraction of sp³-hybridized carbons (Fsp3) is 0.308. The molecule has 9 heteroatoms. The number of benzene rings is 2. The Hall–Kier alpha value is -3.59. The van der Waals surface area contributed by atoms with Gasteiger partial charge in [-0.1, -0.05) is 55.7 Å². The molecule has 0 spiro atoms. The minimum atomic E-state index is -4.50. The molecular weight excluding hydrogens is 468 g/mol. The van der Waals surface area contributed by atoms with E-state index >= 15 is 0 Å². The molecule has 0 saturated heterocycles. The maximum atomic E-state index is 13.4. The van der Waals surface area contributed by atoms with Crippen molar-refractivity contribution in [1.82, 2.24) is 9.71 Å². The second kappa shape index (κ2) is 10.8. The second-order valence-corrected chi connectivity index (χ2v) is 10.1. The predicted octanol–water partition coefficient (Wildman–Crippen LogP) is 4.87. The molecule has 1 aromatic heterocycles. The Labute approximate surface area is 205 Å². The third kappa shape index (κ3) is 5.92. The lowest BCUT2D eigenvalue weighted by molar-refractivity contribution is -0.119. The van der Waals surface area contributed by atoms with E-state index in [0.29, 0.717) is 29.5 Å². The Kier molecular flexibility index (Phi) is 8.01. The first kappa shape index (κ1) is 26.0. The van der Waals surface area contributed by atoms with Crippen LogP contribution in [-0.2, 0) is 27.7 Å². The Morgan fingerprint density at radius 1 is 1.20 bits per heavy atom. The van der Waals surface area contributed by atoms with Crippen molar-refractivity contribution < 1.29 is 27.8 Å². The summed E-state index contributed by atoms with van der Waals surface area (Å²) in [6.07, 6.45) is 4.90. The number of aromatic hydroxyl groups is 2. The first-order valence-corrected chi connectivity index (χ1v) is 12.8. The molecule has 0 unspecified atom stereocenters. The van der Waals surface area contributed by atoms with Gasteiger partial charge in [-0.15, -0.1) is 0 Å². The van der Waals surface area contributed by atoms with Gasteiger partial charge < -0.3 is 14.6 Å². The Bertz CT molecular complexity index is 1340. The molecule has 2 aromatic carbocycles. The third-order valence-corrected chi connectivity index (χ3v) is 7.07. The van der Waals surface area contributed by atoms with Gasteiger partial charge in [-0.3, -0.25) is 4.79 Å². The maximum Gasteiger partial charge on any atom is 0.268 e. The predicted molar refractivity (Wildman–Crippen MR) is 133 cm³/mol. The molecule has 186 valence electrons. The number of hydrogen-bond acceptors (Lipinski definition) is 7. The van der Waals surface area contributed by atoms with Crippen LogP contribution in [-0.4, -0.2) is 29.5 Å². The number of nitrogens with one attached hydrogen (secondary N) is 1. The van der Waals surface area contributed by atoms with Crippen molar-refractivity contribution in [3.8, 4) is 22.6 Å². The van der Waals surface area contributed by atoms with E-state index in [1.165, 1.54) is 18.5 Å². The highest BCUT2D eigenvalue weighted by Crippen LogP contribution is 2.46. The molecule has 0 saturated carbocycles. The third-order valence-electron chi connectivity index (χ3n) is 5.58. The van der Waals surface area contributed by atoms with Gasteiger partial charge in [0, 0.05) is 0 Å². The number of oxazole rings is 1. The van der Waals surface area contributed by atoms with Crippen LogP contribution in [0.3, 0.4) is 0 Å². The maximum absolute atomic E-state index is 13.4. The molecular formula is C26H30N2O6S. The van der Waals surface area contributed by atoms with Crippen molar-refractivity contribution in [2.24, 2.45) is 0 Å². The lowest BCUT2D eigenvalue weighted by Crippen LogP contribution is -2.32. The molecule has 0 atom stereocenters. The van der Waals surface area contributed by atoms with E-state index in [9.17, 15) is 23.4 Å². The first-order chi connectivity index (χ1) is 16.5. The first-order valence-electron chi connectivity index (χ1n) is 11.3. The van der Waals surface area contributed by atoms with Gasteiger partial charge in [0.2, 0.25) is 11.8 Å². The topological polar surface area (TPSA) is 130 Å². The fourth-order valence-corrected chi connectivity index (χ4v) is 5.29. The van der Waals surface area contributed by atoms with E-state index < -0.39 is 26.6 Å². The number of hydrogen-bond donors (Lipinski definition) is 3. The van der Waals surface area contributed by atoms with E-state index in [4.69, 9.17) is 4.42 Å². The Balaban J connectivity index is 2.17.